The zero-order valence-corrected chi connectivity index (χ0v) is 13.3. The number of benzene rings is 1. The third-order valence-corrected chi connectivity index (χ3v) is 2.97. The van der Waals surface area contributed by atoms with Crippen molar-refractivity contribution in [2.45, 2.75) is 32.5 Å². The first kappa shape index (κ1) is 16.3. The van der Waals surface area contributed by atoms with Crippen molar-refractivity contribution in [1.82, 2.24) is 0 Å². The lowest BCUT2D eigenvalue weighted by Crippen LogP contribution is -2.41. The van der Waals surface area contributed by atoms with E-state index in [9.17, 15) is 9.59 Å². The van der Waals surface area contributed by atoms with Gasteiger partial charge in [0, 0.05) is 5.69 Å². The van der Waals surface area contributed by atoms with Gasteiger partial charge in [-0.1, -0.05) is 0 Å². The first-order valence-electron chi connectivity index (χ1n) is 7.09. The average molecular weight is 307 g/mol. The second kappa shape index (κ2) is 6.36. The number of esters is 1. The summed E-state index contributed by atoms with van der Waals surface area (Å²) in [6.07, 6.45) is -0.468. The van der Waals surface area contributed by atoms with Crippen molar-refractivity contribution in [3.63, 3.8) is 0 Å². The molecule has 1 aromatic carbocycles. The predicted molar refractivity (Wildman–Crippen MR) is 80.9 cm³/mol. The standard InChI is InChI=1S/C16H21NO5/c1-16(2,3)22-14(18)9-17(15(19)13-10-21-13)11-5-7-12(20-4)8-6-11/h5-8,13H,9-10H2,1-4H3. The smallest absolute Gasteiger partial charge is 0.326 e. The minimum atomic E-state index is -0.595. The molecule has 1 unspecified atom stereocenters. The highest BCUT2D eigenvalue weighted by atomic mass is 16.6. The molecule has 1 heterocycles. The summed E-state index contributed by atoms with van der Waals surface area (Å²) in [6.45, 7) is 5.60. The number of epoxide rings is 1. The minimum absolute atomic E-state index is 0.151. The maximum atomic E-state index is 12.3. The van der Waals surface area contributed by atoms with E-state index in [0.29, 0.717) is 18.0 Å². The number of rotatable bonds is 5. The Bertz CT molecular complexity index is 543. The molecule has 1 amide bonds. The Balaban J connectivity index is 2.15. The molecule has 1 aliphatic rings. The van der Waals surface area contributed by atoms with Crippen LogP contribution in [0.25, 0.3) is 0 Å². The molecule has 1 saturated heterocycles. The predicted octanol–water partition coefficient (Wildman–Crippen LogP) is 1.77. The van der Waals surface area contributed by atoms with Crippen LogP contribution in [-0.2, 0) is 19.1 Å². The van der Waals surface area contributed by atoms with Gasteiger partial charge in [0.1, 0.15) is 17.9 Å². The number of anilines is 1. The number of ether oxygens (including phenoxy) is 3. The Morgan fingerprint density at radius 2 is 1.86 bits per heavy atom. The summed E-state index contributed by atoms with van der Waals surface area (Å²) < 4.78 is 15.4. The third kappa shape index (κ3) is 4.46. The fraction of sp³-hybridized carbons (Fsp3) is 0.500. The van der Waals surface area contributed by atoms with Crippen molar-refractivity contribution in [3.8, 4) is 5.75 Å². The second-order valence-electron chi connectivity index (χ2n) is 6.03. The maximum Gasteiger partial charge on any atom is 0.326 e. The fourth-order valence-corrected chi connectivity index (χ4v) is 1.93. The first-order chi connectivity index (χ1) is 10.3. The summed E-state index contributed by atoms with van der Waals surface area (Å²) >= 11 is 0. The molecule has 22 heavy (non-hydrogen) atoms. The lowest BCUT2D eigenvalue weighted by Gasteiger charge is -2.25. The Labute approximate surface area is 129 Å². The first-order valence-corrected chi connectivity index (χ1v) is 7.09. The van der Waals surface area contributed by atoms with E-state index in [2.05, 4.69) is 0 Å². The molecular weight excluding hydrogens is 286 g/mol. The number of carbonyl (C=O) groups is 2. The van der Waals surface area contributed by atoms with Gasteiger partial charge in [0.05, 0.1) is 13.7 Å². The molecule has 120 valence electrons. The molecule has 1 atom stereocenters. The summed E-state index contributed by atoms with van der Waals surface area (Å²) in [7, 11) is 1.57. The minimum Gasteiger partial charge on any atom is -0.497 e. The number of amides is 1. The molecule has 0 radical (unpaired) electrons. The van der Waals surface area contributed by atoms with Crippen molar-refractivity contribution in [2.75, 3.05) is 25.2 Å². The van der Waals surface area contributed by atoms with Crippen LogP contribution in [0.4, 0.5) is 5.69 Å². The van der Waals surface area contributed by atoms with Gasteiger partial charge in [-0.25, -0.2) is 0 Å². The molecule has 1 aromatic rings. The Morgan fingerprint density at radius 1 is 1.27 bits per heavy atom. The quantitative estimate of drug-likeness (QED) is 0.612. The number of carbonyl (C=O) groups excluding carboxylic acids is 2. The lowest BCUT2D eigenvalue weighted by atomic mass is 10.2. The van der Waals surface area contributed by atoms with E-state index in [1.54, 1.807) is 52.1 Å². The SMILES string of the molecule is COc1ccc(N(CC(=O)OC(C)(C)C)C(=O)C2CO2)cc1. The molecular formula is C16H21NO5. The van der Waals surface area contributed by atoms with E-state index in [-0.39, 0.29) is 12.5 Å². The molecule has 0 saturated carbocycles. The van der Waals surface area contributed by atoms with E-state index in [4.69, 9.17) is 14.2 Å². The molecule has 6 heteroatoms. The summed E-state index contributed by atoms with van der Waals surface area (Å²) in [5, 5.41) is 0. The molecule has 0 aromatic heterocycles. The van der Waals surface area contributed by atoms with Gasteiger partial charge in [-0.3, -0.25) is 14.5 Å². The van der Waals surface area contributed by atoms with Crippen LogP contribution in [-0.4, -0.2) is 43.8 Å². The third-order valence-electron chi connectivity index (χ3n) is 2.97. The van der Waals surface area contributed by atoms with Crippen LogP contribution in [0.3, 0.4) is 0 Å². The summed E-state index contributed by atoms with van der Waals surface area (Å²) in [5.74, 6) is -0.0237. The van der Waals surface area contributed by atoms with Crippen LogP contribution in [0.15, 0.2) is 24.3 Å². The van der Waals surface area contributed by atoms with Gasteiger partial charge in [0.15, 0.2) is 6.10 Å². The molecule has 6 nitrogen and oxygen atoms in total. The zero-order chi connectivity index (χ0) is 16.3. The van der Waals surface area contributed by atoms with E-state index >= 15 is 0 Å². The normalized spacial score (nSPS) is 16.8. The van der Waals surface area contributed by atoms with Gasteiger partial charge in [0.25, 0.3) is 5.91 Å². The van der Waals surface area contributed by atoms with Crippen LogP contribution in [0.5, 0.6) is 5.75 Å². The Morgan fingerprint density at radius 3 is 2.32 bits per heavy atom. The highest BCUT2D eigenvalue weighted by Crippen LogP contribution is 2.23. The maximum absolute atomic E-state index is 12.3. The molecule has 0 N–H and O–H groups in total. The highest BCUT2D eigenvalue weighted by Gasteiger charge is 2.37. The van der Waals surface area contributed by atoms with Gasteiger partial charge >= 0.3 is 5.97 Å². The van der Waals surface area contributed by atoms with Crippen molar-refractivity contribution in [2.24, 2.45) is 0 Å². The largest absolute Gasteiger partial charge is 0.497 e. The van der Waals surface area contributed by atoms with E-state index in [1.165, 1.54) is 4.90 Å². The zero-order valence-electron chi connectivity index (χ0n) is 13.3. The van der Waals surface area contributed by atoms with E-state index in [1.807, 2.05) is 0 Å². The van der Waals surface area contributed by atoms with Crippen LogP contribution < -0.4 is 9.64 Å². The van der Waals surface area contributed by atoms with Crippen LogP contribution in [0, 0.1) is 0 Å². The summed E-state index contributed by atoms with van der Waals surface area (Å²) in [5.41, 5.74) is 0.00840. The molecule has 2 rings (SSSR count). The Hall–Kier alpha value is -2.08. The van der Waals surface area contributed by atoms with Crippen molar-refractivity contribution in [3.05, 3.63) is 24.3 Å². The number of nitrogens with zero attached hydrogens (tertiary/aromatic N) is 1. The van der Waals surface area contributed by atoms with Gasteiger partial charge in [-0.15, -0.1) is 0 Å². The van der Waals surface area contributed by atoms with Crippen LogP contribution in [0.2, 0.25) is 0 Å². The van der Waals surface area contributed by atoms with Gasteiger partial charge in [-0.2, -0.15) is 0 Å². The monoisotopic (exact) mass is 307 g/mol. The summed E-state index contributed by atoms with van der Waals surface area (Å²) in [6, 6.07) is 6.92. The van der Waals surface area contributed by atoms with Crippen molar-refractivity contribution < 1.29 is 23.8 Å². The van der Waals surface area contributed by atoms with Gasteiger partial charge in [0.2, 0.25) is 0 Å². The van der Waals surface area contributed by atoms with Crippen molar-refractivity contribution >= 4 is 17.6 Å². The lowest BCUT2D eigenvalue weighted by molar-refractivity contribution is -0.153. The fourth-order valence-electron chi connectivity index (χ4n) is 1.93. The summed E-state index contributed by atoms with van der Waals surface area (Å²) in [4.78, 5) is 25.7. The number of hydrogen-bond acceptors (Lipinski definition) is 5. The molecule has 0 bridgehead atoms. The molecule has 1 aliphatic heterocycles. The van der Waals surface area contributed by atoms with E-state index in [0.717, 1.165) is 0 Å². The van der Waals surface area contributed by atoms with Gasteiger partial charge in [-0.05, 0) is 45.0 Å². The molecule has 0 aliphatic carbocycles. The van der Waals surface area contributed by atoms with Gasteiger partial charge < -0.3 is 14.2 Å². The highest BCUT2D eigenvalue weighted by molar-refractivity contribution is 6.01. The number of methoxy groups -OCH3 is 1. The Kier molecular flexibility index (Phi) is 4.71. The topological polar surface area (TPSA) is 68.4 Å². The van der Waals surface area contributed by atoms with Crippen LogP contribution in [0.1, 0.15) is 20.8 Å². The van der Waals surface area contributed by atoms with Crippen LogP contribution >= 0.6 is 0 Å². The average Bonchev–Trinajstić information content (AvgIpc) is 3.27. The second-order valence-corrected chi connectivity index (χ2v) is 6.03. The van der Waals surface area contributed by atoms with E-state index < -0.39 is 17.7 Å². The van der Waals surface area contributed by atoms with Crippen molar-refractivity contribution in [1.29, 1.82) is 0 Å². The molecule has 1 fully saturated rings. The number of hydrogen-bond donors (Lipinski definition) is 0. The molecule has 0 spiro atoms.